The Morgan fingerprint density at radius 2 is 2.16 bits per heavy atom. The molecule has 0 bridgehead atoms. The Bertz CT molecular complexity index is 1090. The zero-order chi connectivity index (χ0) is 21.2. The molecule has 0 radical (unpaired) electrons. The second-order valence-corrected chi connectivity index (χ2v) is 9.31. The van der Waals surface area contributed by atoms with Gasteiger partial charge in [0, 0.05) is 31.5 Å². The third-order valence-corrected chi connectivity index (χ3v) is 7.76. The summed E-state index contributed by atoms with van der Waals surface area (Å²) in [5.74, 6) is -1.57. The van der Waals surface area contributed by atoms with Gasteiger partial charge in [-0.15, -0.1) is 16.4 Å². The fourth-order valence-corrected chi connectivity index (χ4v) is 6.08. The first-order valence-corrected chi connectivity index (χ1v) is 10.9. The summed E-state index contributed by atoms with van der Waals surface area (Å²) in [5, 5.41) is 24.2. The number of carbonyl (C=O) groups excluding carboxylic acids is 2. The normalized spacial score (nSPS) is 23.9. The molecule has 0 aromatic carbocycles. The van der Waals surface area contributed by atoms with E-state index in [9.17, 15) is 19.5 Å². The van der Waals surface area contributed by atoms with Crippen LogP contribution in [0.3, 0.4) is 0 Å². The van der Waals surface area contributed by atoms with Crippen LogP contribution in [0.15, 0.2) is 33.3 Å². The summed E-state index contributed by atoms with van der Waals surface area (Å²) in [5.41, 5.74) is -0.0357. The number of urea groups is 1. The number of anilines is 1. The van der Waals surface area contributed by atoms with E-state index >= 15 is 0 Å². The molecule has 0 spiro atoms. The molecule has 2 aromatic heterocycles. The van der Waals surface area contributed by atoms with E-state index in [4.69, 9.17) is 0 Å². The van der Waals surface area contributed by atoms with Crippen LogP contribution in [0, 0.1) is 5.92 Å². The standard InChI is InChI=1S/C17H17N7O4S2.Na.H/c1-21(10-4-3-5-29-10)17(28)23-7-8-6-9(30-16-18-19-20-22(16)2)12(15(26)27)24-11(8)13(23)14(24)25;;/h3-5,8,11,13H,6-7H2,1-2H3,(H,26,27);;/t8-,11-,13+;;/m1../s1. The fraction of sp³-hybridized carbons (Fsp3) is 0.412. The molecular formula is C17H18N7NaO4S2. The number of hydrogen-bond acceptors (Lipinski definition) is 8. The molecule has 3 aliphatic rings. The summed E-state index contributed by atoms with van der Waals surface area (Å²) in [7, 11) is 3.34. The van der Waals surface area contributed by atoms with E-state index in [-0.39, 0.29) is 59.2 Å². The number of carboxylic acid groups (broad SMARTS) is 1. The SMILES string of the molecule is CN(C(=O)N1C[C@H]2CC(Sc3nnnn3C)=C(C(=O)O)N3C(=O)[C@@H]1[C@@H]23)c1cccs1.[NaH]. The Labute approximate surface area is 207 Å². The second-order valence-electron chi connectivity index (χ2n) is 7.32. The van der Waals surface area contributed by atoms with Crippen molar-refractivity contribution in [2.24, 2.45) is 13.0 Å². The van der Waals surface area contributed by atoms with Gasteiger partial charge in [0.15, 0.2) is 0 Å². The molecule has 11 nitrogen and oxygen atoms in total. The van der Waals surface area contributed by atoms with Gasteiger partial charge in [0.25, 0.3) is 5.91 Å². The first-order chi connectivity index (χ1) is 14.4. The molecule has 3 aliphatic heterocycles. The summed E-state index contributed by atoms with van der Waals surface area (Å²) >= 11 is 2.59. The summed E-state index contributed by atoms with van der Waals surface area (Å²) < 4.78 is 1.45. The molecule has 0 unspecified atom stereocenters. The number of aryl methyl sites for hydroxylation is 1. The number of amides is 3. The molecule has 31 heavy (non-hydrogen) atoms. The third-order valence-electron chi connectivity index (χ3n) is 5.68. The number of likely N-dealkylation sites (tertiary alicyclic amines) is 1. The summed E-state index contributed by atoms with van der Waals surface area (Å²) in [6.07, 6.45) is 0.441. The van der Waals surface area contributed by atoms with Crippen molar-refractivity contribution in [2.75, 3.05) is 18.5 Å². The number of aliphatic carboxylic acids is 1. The molecule has 3 atom stereocenters. The van der Waals surface area contributed by atoms with Crippen molar-refractivity contribution in [1.82, 2.24) is 30.0 Å². The van der Waals surface area contributed by atoms with Gasteiger partial charge < -0.3 is 10.0 Å². The number of rotatable bonds is 4. The molecule has 2 saturated heterocycles. The number of nitrogens with zero attached hydrogens (tertiary/aromatic N) is 7. The third kappa shape index (κ3) is 3.39. The van der Waals surface area contributed by atoms with Gasteiger partial charge in [0.05, 0.1) is 11.0 Å². The van der Waals surface area contributed by atoms with Crippen LogP contribution in [-0.4, -0.2) is 108 Å². The van der Waals surface area contributed by atoms with Crippen molar-refractivity contribution >= 4 is 75.6 Å². The Morgan fingerprint density at radius 3 is 2.77 bits per heavy atom. The molecule has 2 fully saturated rings. The predicted molar refractivity (Wildman–Crippen MR) is 114 cm³/mol. The maximum atomic E-state index is 13.1. The molecule has 2 aromatic rings. The Hall–Kier alpha value is -1.93. The van der Waals surface area contributed by atoms with Crippen molar-refractivity contribution in [3.63, 3.8) is 0 Å². The quantitative estimate of drug-likeness (QED) is 0.495. The van der Waals surface area contributed by atoms with E-state index in [0.717, 1.165) is 16.8 Å². The molecule has 1 N–H and O–H groups in total. The van der Waals surface area contributed by atoms with Crippen molar-refractivity contribution in [3.8, 4) is 0 Å². The fourth-order valence-electron chi connectivity index (χ4n) is 4.34. The number of thiophene rings is 1. The van der Waals surface area contributed by atoms with E-state index in [1.807, 2.05) is 17.5 Å². The molecular weight excluding hydrogens is 453 g/mol. The van der Waals surface area contributed by atoms with Gasteiger partial charge in [0.1, 0.15) is 11.7 Å². The van der Waals surface area contributed by atoms with E-state index in [1.54, 1.807) is 19.0 Å². The van der Waals surface area contributed by atoms with Crippen LogP contribution in [0.2, 0.25) is 0 Å². The number of aromatic nitrogens is 4. The van der Waals surface area contributed by atoms with Gasteiger partial charge in [-0.3, -0.25) is 14.6 Å². The van der Waals surface area contributed by atoms with Crippen LogP contribution < -0.4 is 4.90 Å². The Balaban J connectivity index is 0.00000231. The van der Waals surface area contributed by atoms with Crippen molar-refractivity contribution in [1.29, 1.82) is 0 Å². The van der Waals surface area contributed by atoms with Gasteiger partial charge in [-0.05, 0) is 34.4 Å². The van der Waals surface area contributed by atoms with Gasteiger partial charge >= 0.3 is 41.6 Å². The van der Waals surface area contributed by atoms with Gasteiger partial charge in [-0.1, -0.05) is 11.8 Å². The predicted octanol–water partition coefficient (Wildman–Crippen LogP) is 0.183. The van der Waals surface area contributed by atoms with Crippen molar-refractivity contribution in [3.05, 3.63) is 28.1 Å². The van der Waals surface area contributed by atoms with Crippen LogP contribution >= 0.6 is 23.1 Å². The number of thioether (sulfide) groups is 1. The van der Waals surface area contributed by atoms with Crippen LogP contribution in [0.5, 0.6) is 0 Å². The molecule has 14 heteroatoms. The second kappa shape index (κ2) is 8.20. The molecule has 5 heterocycles. The first kappa shape index (κ1) is 22.3. The number of carbonyl (C=O) groups is 3. The maximum absolute atomic E-state index is 13.1. The van der Waals surface area contributed by atoms with E-state index in [1.165, 1.54) is 25.8 Å². The first-order valence-electron chi connectivity index (χ1n) is 9.16. The molecule has 5 rings (SSSR count). The van der Waals surface area contributed by atoms with Crippen molar-refractivity contribution in [2.45, 2.75) is 23.7 Å². The number of tetrazole rings is 1. The summed E-state index contributed by atoms with van der Waals surface area (Å²) in [6.45, 7) is 0.389. The van der Waals surface area contributed by atoms with Gasteiger partial charge in [-0.2, -0.15) is 0 Å². The van der Waals surface area contributed by atoms with E-state index < -0.39 is 12.0 Å². The molecule has 3 amide bonds. The van der Waals surface area contributed by atoms with Gasteiger partial charge in [-0.25, -0.2) is 14.3 Å². The molecule has 0 aliphatic carbocycles. The topological polar surface area (TPSA) is 125 Å². The number of allylic oxidation sites excluding steroid dienone is 1. The molecule has 0 saturated carbocycles. The average molecular weight is 472 g/mol. The molecule has 158 valence electrons. The summed E-state index contributed by atoms with van der Waals surface area (Å²) in [4.78, 5) is 43.0. The van der Waals surface area contributed by atoms with Crippen LogP contribution in [-0.2, 0) is 16.6 Å². The van der Waals surface area contributed by atoms with Crippen LogP contribution in [0.25, 0.3) is 0 Å². The van der Waals surface area contributed by atoms with Crippen molar-refractivity contribution < 1.29 is 19.5 Å². The van der Waals surface area contributed by atoms with Crippen LogP contribution in [0.1, 0.15) is 6.42 Å². The minimum absolute atomic E-state index is 0. The Morgan fingerprint density at radius 1 is 1.39 bits per heavy atom. The number of β-lactam (4-membered cyclic amide) rings is 1. The summed E-state index contributed by atoms with van der Waals surface area (Å²) in [6, 6.07) is 2.51. The zero-order valence-electron chi connectivity index (χ0n) is 16.0. The van der Waals surface area contributed by atoms with Gasteiger partial charge in [0.2, 0.25) is 5.16 Å². The van der Waals surface area contributed by atoms with E-state index in [0.29, 0.717) is 23.0 Å². The number of carboxylic acids is 1. The van der Waals surface area contributed by atoms with E-state index in [2.05, 4.69) is 15.5 Å². The Kier molecular flexibility index (Phi) is 5.89. The monoisotopic (exact) mass is 471 g/mol. The number of hydrogen-bond donors (Lipinski definition) is 1. The average Bonchev–Trinajstić information content (AvgIpc) is 3.44. The minimum atomic E-state index is -1.17. The zero-order valence-corrected chi connectivity index (χ0v) is 17.6. The van der Waals surface area contributed by atoms with Crippen LogP contribution in [0.4, 0.5) is 9.80 Å².